The van der Waals surface area contributed by atoms with Gasteiger partial charge in [-0.1, -0.05) is 28.1 Å². The first-order valence-electron chi connectivity index (χ1n) is 3.62. The summed E-state index contributed by atoms with van der Waals surface area (Å²) in [6, 6.07) is 9.90. The Bertz CT molecular complexity index is 327. The number of benzene rings is 1. The van der Waals surface area contributed by atoms with Crippen molar-refractivity contribution in [1.82, 2.24) is 0 Å². The standard InChI is InChI=1S/C9H6BrNO/c10-7-3-1-6(2-4-7)9-8(5-11)12-9/h1-4,8-9H/t8-,9+/m0/s1. The molecule has 0 bridgehead atoms. The molecule has 1 aromatic rings. The highest BCUT2D eigenvalue weighted by Gasteiger charge is 2.40. The Morgan fingerprint density at radius 2 is 2.00 bits per heavy atom. The molecule has 2 atom stereocenters. The third-order valence-corrected chi connectivity index (χ3v) is 2.35. The van der Waals surface area contributed by atoms with Crippen LogP contribution in [0.2, 0.25) is 0 Å². The van der Waals surface area contributed by atoms with E-state index in [9.17, 15) is 0 Å². The lowest BCUT2D eigenvalue weighted by Crippen LogP contribution is -1.83. The lowest BCUT2D eigenvalue weighted by molar-refractivity contribution is 0.396. The summed E-state index contributed by atoms with van der Waals surface area (Å²) in [6.45, 7) is 0. The second-order valence-corrected chi connectivity index (χ2v) is 3.57. The Labute approximate surface area is 78.9 Å². The van der Waals surface area contributed by atoms with Gasteiger partial charge < -0.3 is 4.74 Å². The molecule has 0 unspecified atom stereocenters. The van der Waals surface area contributed by atoms with Crippen molar-refractivity contribution >= 4 is 15.9 Å². The van der Waals surface area contributed by atoms with Crippen molar-refractivity contribution in [2.24, 2.45) is 0 Å². The van der Waals surface area contributed by atoms with Crippen molar-refractivity contribution in [3.63, 3.8) is 0 Å². The molecule has 0 radical (unpaired) electrons. The fourth-order valence-corrected chi connectivity index (χ4v) is 1.38. The summed E-state index contributed by atoms with van der Waals surface area (Å²) in [5.41, 5.74) is 1.07. The van der Waals surface area contributed by atoms with Crippen LogP contribution in [-0.2, 0) is 4.74 Å². The van der Waals surface area contributed by atoms with E-state index in [0.29, 0.717) is 0 Å². The van der Waals surface area contributed by atoms with Crippen molar-refractivity contribution in [2.75, 3.05) is 0 Å². The molecule has 2 nitrogen and oxygen atoms in total. The summed E-state index contributed by atoms with van der Waals surface area (Å²) in [5.74, 6) is 0. The molecule has 0 aromatic heterocycles. The first kappa shape index (κ1) is 7.78. The minimum atomic E-state index is -0.230. The molecule has 60 valence electrons. The Balaban J connectivity index is 2.17. The van der Waals surface area contributed by atoms with Crippen LogP contribution in [0, 0.1) is 11.3 Å². The fourth-order valence-electron chi connectivity index (χ4n) is 1.12. The van der Waals surface area contributed by atoms with Gasteiger partial charge in [0.25, 0.3) is 0 Å². The SMILES string of the molecule is N#C[C@@H]1O[C@@H]1c1ccc(Br)cc1. The largest absolute Gasteiger partial charge is 0.348 e. The zero-order chi connectivity index (χ0) is 8.55. The van der Waals surface area contributed by atoms with E-state index in [2.05, 4.69) is 22.0 Å². The van der Waals surface area contributed by atoms with E-state index < -0.39 is 0 Å². The molecule has 0 aliphatic carbocycles. The zero-order valence-electron chi connectivity index (χ0n) is 6.20. The number of hydrogen-bond donors (Lipinski definition) is 0. The van der Waals surface area contributed by atoms with Crippen LogP contribution in [0.25, 0.3) is 0 Å². The topological polar surface area (TPSA) is 36.3 Å². The highest BCUT2D eigenvalue weighted by molar-refractivity contribution is 9.10. The van der Waals surface area contributed by atoms with Gasteiger partial charge in [-0.15, -0.1) is 0 Å². The maximum Gasteiger partial charge on any atom is 0.175 e. The summed E-state index contributed by atoms with van der Waals surface area (Å²) in [5, 5.41) is 8.51. The van der Waals surface area contributed by atoms with Crippen LogP contribution in [0.3, 0.4) is 0 Å². The Morgan fingerprint density at radius 3 is 2.50 bits per heavy atom. The molecule has 1 saturated heterocycles. The lowest BCUT2D eigenvalue weighted by atomic mass is 10.1. The Kier molecular flexibility index (Phi) is 1.87. The number of nitriles is 1. The van der Waals surface area contributed by atoms with Crippen molar-refractivity contribution in [1.29, 1.82) is 5.26 Å². The lowest BCUT2D eigenvalue weighted by Gasteiger charge is -1.93. The van der Waals surface area contributed by atoms with Gasteiger partial charge in [0.05, 0.1) is 6.07 Å². The van der Waals surface area contributed by atoms with Crippen LogP contribution in [-0.4, -0.2) is 6.10 Å². The maximum atomic E-state index is 8.51. The minimum Gasteiger partial charge on any atom is -0.348 e. The van der Waals surface area contributed by atoms with Gasteiger partial charge in [-0.05, 0) is 17.7 Å². The van der Waals surface area contributed by atoms with E-state index in [4.69, 9.17) is 10.00 Å². The molecule has 1 heterocycles. The van der Waals surface area contributed by atoms with Crippen molar-refractivity contribution < 1.29 is 4.74 Å². The molecule has 1 aliphatic heterocycles. The zero-order valence-corrected chi connectivity index (χ0v) is 7.78. The highest BCUT2D eigenvalue weighted by atomic mass is 79.9. The van der Waals surface area contributed by atoms with Gasteiger partial charge >= 0.3 is 0 Å². The first-order chi connectivity index (χ1) is 5.81. The van der Waals surface area contributed by atoms with E-state index in [1.54, 1.807) is 0 Å². The van der Waals surface area contributed by atoms with Gasteiger partial charge in [-0.2, -0.15) is 5.26 Å². The molecule has 12 heavy (non-hydrogen) atoms. The fraction of sp³-hybridized carbons (Fsp3) is 0.222. The molecule has 1 fully saturated rings. The van der Waals surface area contributed by atoms with Crippen molar-refractivity contribution in [3.8, 4) is 6.07 Å². The molecule has 0 spiro atoms. The number of hydrogen-bond acceptors (Lipinski definition) is 2. The number of epoxide rings is 1. The molecule has 0 N–H and O–H groups in total. The van der Waals surface area contributed by atoms with Gasteiger partial charge in [0.15, 0.2) is 6.10 Å². The second-order valence-electron chi connectivity index (χ2n) is 2.66. The van der Waals surface area contributed by atoms with Gasteiger partial charge in [-0.25, -0.2) is 0 Å². The minimum absolute atomic E-state index is 0.00287. The maximum absolute atomic E-state index is 8.51. The van der Waals surface area contributed by atoms with Crippen LogP contribution < -0.4 is 0 Å². The molecular weight excluding hydrogens is 218 g/mol. The number of ether oxygens (including phenoxy) is 1. The predicted octanol–water partition coefficient (Wildman–Crippen LogP) is 2.41. The van der Waals surface area contributed by atoms with Gasteiger partial charge in [-0.3, -0.25) is 0 Å². The van der Waals surface area contributed by atoms with E-state index in [-0.39, 0.29) is 12.2 Å². The van der Waals surface area contributed by atoms with Crippen LogP contribution in [0.4, 0.5) is 0 Å². The van der Waals surface area contributed by atoms with E-state index in [1.165, 1.54) is 0 Å². The summed E-state index contributed by atoms with van der Waals surface area (Å²) < 4.78 is 6.16. The first-order valence-corrected chi connectivity index (χ1v) is 4.41. The summed E-state index contributed by atoms with van der Waals surface area (Å²) >= 11 is 3.34. The molecule has 3 heteroatoms. The molecule has 1 aromatic carbocycles. The summed E-state index contributed by atoms with van der Waals surface area (Å²) in [4.78, 5) is 0. The van der Waals surface area contributed by atoms with Gasteiger partial charge in [0.1, 0.15) is 6.10 Å². The van der Waals surface area contributed by atoms with E-state index in [0.717, 1.165) is 10.0 Å². The molecular formula is C9H6BrNO. The van der Waals surface area contributed by atoms with Crippen molar-refractivity contribution in [2.45, 2.75) is 12.2 Å². The average Bonchev–Trinajstić information content (AvgIpc) is 2.85. The monoisotopic (exact) mass is 223 g/mol. The van der Waals surface area contributed by atoms with Gasteiger partial charge in [0, 0.05) is 4.47 Å². The third kappa shape index (κ3) is 1.36. The normalized spacial score (nSPS) is 26.3. The average molecular weight is 224 g/mol. The summed E-state index contributed by atoms with van der Waals surface area (Å²) in [7, 11) is 0. The Morgan fingerprint density at radius 1 is 1.33 bits per heavy atom. The molecule has 2 rings (SSSR count). The quantitative estimate of drug-likeness (QED) is 0.686. The third-order valence-electron chi connectivity index (χ3n) is 1.82. The predicted molar refractivity (Wildman–Crippen MR) is 47.4 cm³/mol. The van der Waals surface area contributed by atoms with E-state index >= 15 is 0 Å². The van der Waals surface area contributed by atoms with Gasteiger partial charge in [0.2, 0.25) is 0 Å². The Hall–Kier alpha value is -0.850. The molecule has 0 amide bonds. The summed E-state index contributed by atoms with van der Waals surface area (Å²) in [6.07, 6.45) is -0.228. The molecule has 1 aliphatic rings. The smallest absolute Gasteiger partial charge is 0.175 e. The van der Waals surface area contributed by atoms with Crippen LogP contribution in [0.5, 0.6) is 0 Å². The number of halogens is 1. The molecule has 0 saturated carbocycles. The number of nitrogens with zero attached hydrogens (tertiary/aromatic N) is 1. The van der Waals surface area contributed by atoms with Crippen molar-refractivity contribution in [3.05, 3.63) is 34.3 Å². The van der Waals surface area contributed by atoms with Crippen LogP contribution in [0.15, 0.2) is 28.7 Å². The van der Waals surface area contributed by atoms with Crippen LogP contribution in [0.1, 0.15) is 11.7 Å². The van der Waals surface area contributed by atoms with Crippen LogP contribution >= 0.6 is 15.9 Å². The number of rotatable bonds is 1. The highest BCUT2D eigenvalue weighted by Crippen LogP contribution is 2.38. The van der Waals surface area contributed by atoms with E-state index in [1.807, 2.05) is 24.3 Å². The second kappa shape index (κ2) is 2.89.